The van der Waals surface area contributed by atoms with Crippen LogP contribution in [0.25, 0.3) is 0 Å². The highest BCUT2D eigenvalue weighted by molar-refractivity contribution is 5.23. The first kappa shape index (κ1) is 12.4. The monoisotopic (exact) mass is 238 g/mol. The number of rotatable bonds is 4. The van der Waals surface area contributed by atoms with E-state index in [2.05, 4.69) is 10.00 Å². The fourth-order valence-electron chi connectivity index (χ4n) is 2.47. The topological polar surface area (TPSA) is 67.3 Å². The highest BCUT2D eigenvalue weighted by Gasteiger charge is 2.27. The first-order chi connectivity index (χ1) is 8.05. The van der Waals surface area contributed by atoms with Crippen LogP contribution in [0.4, 0.5) is 5.82 Å². The Kier molecular flexibility index (Phi) is 3.69. The van der Waals surface area contributed by atoms with Gasteiger partial charge in [0.1, 0.15) is 5.82 Å². The van der Waals surface area contributed by atoms with E-state index in [0.717, 1.165) is 45.4 Å². The number of hydrogen-bond donors (Lipinski definition) is 2. The summed E-state index contributed by atoms with van der Waals surface area (Å²) in [5.74, 6) is 0.575. The Morgan fingerprint density at radius 1 is 1.53 bits per heavy atom. The van der Waals surface area contributed by atoms with Crippen molar-refractivity contribution in [2.24, 2.45) is 0 Å². The van der Waals surface area contributed by atoms with Crippen molar-refractivity contribution in [3.05, 3.63) is 12.3 Å². The van der Waals surface area contributed by atoms with E-state index in [9.17, 15) is 5.11 Å². The number of β-amino-alcohol motifs (C(OH)–C–C–N with tert-alkyl or cyclic N) is 1. The van der Waals surface area contributed by atoms with Crippen molar-refractivity contribution < 1.29 is 5.11 Å². The number of aromatic nitrogens is 2. The third-order valence-corrected chi connectivity index (χ3v) is 3.28. The number of anilines is 1. The maximum atomic E-state index is 9.99. The maximum absolute atomic E-state index is 9.99. The van der Waals surface area contributed by atoms with Crippen LogP contribution in [0, 0.1) is 0 Å². The van der Waals surface area contributed by atoms with E-state index in [1.165, 1.54) is 0 Å². The molecule has 5 nitrogen and oxygen atoms in total. The zero-order valence-corrected chi connectivity index (χ0v) is 10.5. The van der Waals surface area contributed by atoms with E-state index in [1.807, 2.05) is 23.9 Å². The van der Waals surface area contributed by atoms with Crippen LogP contribution >= 0.6 is 0 Å². The summed E-state index contributed by atoms with van der Waals surface area (Å²) in [6.45, 7) is 5.70. The van der Waals surface area contributed by atoms with Crippen LogP contribution in [-0.4, -0.2) is 45.0 Å². The molecule has 1 aliphatic heterocycles. The molecule has 0 spiro atoms. The molecule has 1 atom stereocenters. The Hall–Kier alpha value is -1.07. The number of aryl methyl sites for hydroxylation is 1. The van der Waals surface area contributed by atoms with Gasteiger partial charge >= 0.3 is 0 Å². The molecule has 0 saturated carbocycles. The molecule has 0 amide bonds. The highest BCUT2D eigenvalue weighted by atomic mass is 16.3. The van der Waals surface area contributed by atoms with E-state index >= 15 is 0 Å². The van der Waals surface area contributed by atoms with E-state index < -0.39 is 5.60 Å². The summed E-state index contributed by atoms with van der Waals surface area (Å²) in [5.41, 5.74) is 5.05. The van der Waals surface area contributed by atoms with Gasteiger partial charge in [-0.2, -0.15) is 5.10 Å². The Morgan fingerprint density at radius 3 is 3.00 bits per heavy atom. The summed E-state index contributed by atoms with van der Waals surface area (Å²) in [5, 5.41) is 14.1. The second kappa shape index (κ2) is 5.06. The van der Waals surface area contributed by atoms with Gasteiger partial charge in [-0.3, -0.25) is 4.68 Å². The maximum Gasteiger partial charge on any atom is 0.145 e. The highest BCUT2D eigenvalue weighted by Crippen LogP contribution is 2.20. The van der Waals surface area contributed by atoms with E-state index in [-0.39, 0.29) is 0 Å². The molecule has 2 heterocycles. The molecule has 1 aromatic rings. The molecule has 1 unspecified atom stereocenters. The SMILES string of the molecule is CC1(O)CCCN(CCCn2ccc(N)n2)C1. The van der Waals surface area contributed by atoms with Gasteiger partial charge in [0, 0.05) is 25.8 Å². The van der Waals surface area contributed by atoms with Gasteiger partial charge in [0.25, 0.3) is 0 Å². The molecule has 1 aromatic heterocycles. The number of nitrogens with zero attached hydrogens (tertiary/aromatic N) is 3. The zero-order valence-electron chi connectivity index (χ0n) is 10.5. The van der Waals surface area contributed by atoms with Crippen molar-refractivity contribution in [1.29, 1.82) is 0 Å². The quantitative estimate of drug-likeness (QED) is 0.810. The first-order valence-electron chi connectivity index (χ1n) is 6.29. The molecule has 1 saturated heterocycles. The predicted octanol–water partition coefficient (Wildman–Crippen LogP) is 0.702. The third-order valence-electron chi connectivity index (χ3n) is 3.28. The number of piperidine rings is 1. The average molecular weight is 238 g/mol. The summed E-state index contributed by atoms with van der Waals surface area (Å²) in [4.78, 5) is 2.33. The molecule has 3 N–H and O–H groups in total. The summed E-state index contributed by atoms with van der Waals surface area (Å²) < 4.78 is 1.87. The molecule has 0 bridgehead atoms. The van der Waals surface area contributed by atoms with E-state index in [1.54, 1.807) is 0 Å². The number of likely N-dealkylation sites (tertiary alicyclic amines) is 1. The van der Waals surface area contributed by atoms with Crippen LogP contribution in [0.5, 0.6) is 0 Å². The second-order valence-electron chi connectivity index (χ2n) is 5.23. The molecule has 2 rings (SSSR count). The van der Waals surface area contributed by atoms with Crippen molar-refractivity contribution in [3.63, 3.8) is 0 Å². The normalized spacial score (nSPS) is 26.2. The Morgan fingerprint density at radius 2 is 2.35 bits per heavy atom. The fourth-order valence-corrected chi connectivity index (χ4v) is 2.47. The number of nitrogen functional groups attached to an aromatic ring is 1. The van der Waals surface area contributed by atoms with Crippen LogP contribution < -0.4 is 5.73 Å². The molecule has 1 aliphatic rings. The predicted molar refractivity (Wildman–Crippen MR) is 67.6 cm³/mol. The van der Waals surface area contributed by atoms with Crippen molar-refractivity contribution in [2.75, 3.05) is 25.4 Å². The minimum absolute atomic E-state index is 0.506. The molecule has 0 aromatic carbocycles. The van der Waals surface area contributed by atoms with Gasteiger partial charge in [0.2, 0.25) is 0 Å². The van der Waals surface area contributed by atoms with Crippen molar-refractivity contribution in [3.8, 4) is 0 Å². The van der Waals surface area contributed by atoms with Gasteiger partial charge in [-0.1, -0.05) is 0 Å². The van der Waals surface area contributed by atoms with Crippen LogP contribution in [0.3, 0.4) is 0 Å². The largest absolute Gasteiger partial charge is 0.389 e. The van der Waals surface area contributed by atoms with Gasteiger partial charge in [0.05, 0.1) is 5.60 Å². The lowest BCUT2D eigenvalue weighted by molar-refractivity contribution is -0.0159. The number of nitrogens with two attached hydrogens (primary N) is 1. The lowest BCUT2D eigenvalue weighted by atomic mass is 9.95. The molecular weight excluding hydrogens is 216 g/mol. The summed E-state index contributed by atoms with van der Waals surface area (Å²) in [6, 6.07) is 1.81. The molecule has 1 fully saturated rings. The van der Waals surface area contributed by atoms with Crippen LogP contribution in [-0.2, 0) is 6.54 Å². The van der Waals surface area contributed by atoms with Crippen molar-refractivity contribution >= 4 is 5.82 Å². The zero-order chi connectivity index (χ0) is 12.3. The summed E-state index contributed by atoms with van der Waals surface area (Å²) in [6.07, 6.45) is 4.94. The van der Waals surface area contributed by atoms with Crippen molar-refractivity contribution in [2.45, 2.75) is 38.3 Å². The van der Waals surface area contributed by atoms with E-state index in [4.69, 9.17) is 5.73 Å². The van der Waals surface area contributed by atoms with Crippen molar-refractivity contribution in [1.82, 2.24) is 14.7 Å². The van der Waals surface area contributed by atoms with Gasteiger partial charge in [0.15, 0.2) is 0 Å². The van der Waals surface area contributed by atoms with E-state index in [0.29, 0.717) is 5.82 Å². The van der Waals surface area contributed by atoms with Gasteiger partial charge in [-0.05, 0) is 38.8 Å². The fraction of sp³-hybridized carbons (Fsp3) is 0.750. The van der Waals surface area contributed by atoms with Crippen LogP contribution in [0.1, 0.15) is 26.2 Å². The van der Waals surface area contributed by atoms with Gasteiger partial charge in [-0.25, -0.2) is 0 Å². The Balaban J connectivity index is 1.71. The molecular formula is C12H22N4O. The second-order valence-corrected chi connectivity index (χ2v) is 5.23. The minimum Gasteiger partial charge on any atom is -0.389 e. The van der Waals surface area contributed by atoms with Gasteiger partial charge in [-0.15, -0.1) is 0 Å². The summed E-state index contributed by atoms with van der Waals surface area (Å²) >= 11 is 0. The molecule has 5 heteroatoms. The smallest absolute Gasteiger partial charge is 0.145 e. The Bertz CT molecular complexity index is 361. The lowest BCUT2D eigenvalue weighted by Gasteiger charge is -2.36. The standard InChI is InChI=1S/C12H22N4O/c1-12(17)5-2-6-15(10-12)7-3-8-16-9-4-11(13)14-16/h4,9,17H,2-3,5-8,10H2,1H3,(H2,13,14). The van der Waals surface area contributed by atoms with Gasteiger partial charge < -0.3 is 15.7 Å². The number of hydrogen-bond acceptors (Lipinski definition) is 4. The lowest BCUT2D eigenvalue weighted by Crippen LogP contribution is -2.46. The molecule has 0 aliphatic carbocycles. The Labute approximate surface area is 102 Å². The molecule has 17 heavy (non-hydrogen) atoms. The van der Waals surface area contributed by atoms with Crippen LogP contribution in [0.15, 0.2) is 12.3 Å². The minimum atomic E-state index is -0.506. The third kappa shape index (κ3) is 3.71. The summed E-state index contributed by atoms with van der Waals surface area (Å²) in [7, 11) is 0. The molecule has 96 valence electrons. The number of aliphatic hydroxyl groups is 1. The van der Waals surface area contributed by atoms with Crippen LogP contribution in [0.2, 0.25) is 0 Å². The molecule has 0 radical (unpaired) electrons. The first-order valence-corrected chi connectivity index (χ1v) is 6.29. The average Bonchev–Trinajstić information content (AvgIpc) is 2.63.